The smallest absolute Gasteiger partial charge is 0.265 e. The third-order valence-electron chi connectivity index (χ3n) is 4.83. The van der Waals surface area contributed by atoms with Crippen molar-refractivity contribution in [2.75, 3.05) is 13.1 Å². The van der Waals surface area contributed by atoms with Crippen molar-refractivity contribution in [1.82, 2.24) is 25.0 Å². The second kappa shape index (κ2) is 7.19. The van der Waals surface area contributed by atoms with Gasteiger partial charge >= 0.3 is 0 Å². The number of hydrogen-bond donors (Lipinski definition) is 0. The van der Waals surface area contributed by atoms with Crippen molar-refractivity contribution < 1.29 is 9.32 Å². The lowest BCUT2D eigenvalue weighted by Gasteiger charge is -2.32. The molecular formula is C19H21N5O2S. The lowest BCUT2D eigenvalue weighted by Crippen LogP contribution is -2.39. The normalized spacial score (nSPS) is 17.3. The number of aryl methyl sites for hydroxylation is 3. The summed E-state index contributed by atoms with van der Waals surface area (Å²) < 4.78 is 5.43. The standard InChI is InChI=1S/C19H21N5O2S/c1-11-7-16(26-23-11)15-8-20-10-21-17(15)14-5-4-6-24(9-14)19(25)18-12(2)22-13(3)27-18/h7-8,10,14H,4-6,9H2,1-3H3. The molecule has 0 spiro atoms. The van der Waals surface area contributed by atoms with Crippen LogP contribution >= 0.6 is 11.3 Å². The number of amides is 1. The second-order valence-corrected chi connectivity index (χ2v) is 8.10. The van der Waals surface area contributed by atoms with Crippen molar-refractivity contribution in [2.45, 2.75) is 39.5 Å². The molecular weight excluding hydrogens is 362 g/mol. The highest BCUT2D eigenvalue weighted by atomic mass is 32.1. The van der Waals surface area contributed by atoms with E-state index in [1.54, 1.807) is 12.5 Å². The molecule has 0 saturated carbocycles. The van der Waals surface area contributed by atoms with E-state index in [4.69, 9.17) is 4.52 Å². The average molecular weight is 383 g/mol. The van der Waals surface area contributed by atoms with Crippen LogP contribution < -0.4 is 0 Å². The van der Waals surface area contributed by atoms with Crippen LogP contribution in [-0.2, 0) is 0 Å². The molecule has 1 fully saturated rings. The fourth-order valence-electron chi connectivity index (χ4n) is 3.60. The maximum absolute atomic E-state index is 13.0. The van der Waals surface area contributed by atoms with Crippen molar-refractivity contribution in [3.63, 3.8) is 0 Å². The van der Waals surface area contributed by atoms with Crippen LogP contribution in [0.2, 0.25) is 0 Å². The van der Waals surface area contributed by atoms with Crippen LogP contribution in [0.4, 0.5) is 0 Å². The molecule has 0 radical (unpaired) electrons. The largest absolute Gasteiger partial charge is 0.356 e. The summed E-state index contributed by atoms with van der Waals surface area (Å²) in [5.74, 6) is 0.870. The molecule has 1 atom stereocenters. The molecule has 7 nitrogen and oxygen atoms in total. The van der Waals surface area contributed by atoms with Gasteiger partial charge in [0.2, 0.25) is 0 Å². The molecule has 1 saturated heterocycles. The van der Waals surface area contributed by atoms with Crippen LogP contribution in [0.3, 0.4) is 0 Å². The van der Waals surface area contributed by atoms with E-state index >= 15 is 0 Å². The number of carbonyl (C=O) groups is 1. The van der Waals surface area contributed by atoms with E-state index < -0.39 is 0 Å². The summed E-state index contributed by atoms with van der Waals surface area (Å²) in [5.41, 5.74) is 3.39. The topological polar surface area (TPSA) is 85.0 Å². The van der Waals surface area contributed by atoms with E-state index in [9.17, 15) is 4.79 Å². The van der Waals surface area contributed by atoms with E-state index in [2.05, 4.69) is 20.1 Å². The molecule has 0 aliphatic carbocycles. The van der Waals surface area contributed by atoms with Crippen molar-refractivity contribution in [3.05, 3.63) is 45.6 Å². The minimum absolute atomic E-state index is 0.0638. The van der Waals surface area contributed by atoms with Gasteiger partial charge in [0.15, 0.2) is 5.76 Å². The average Bonchev–Trinajstić information content (AvgIpc) is 3.26. The Morgan fingerprint density at radius 3 is 2.89 bits per heavy atom. The van der Waals surface area contributed by atoms with E-state index in [1.165, 1.54) is 11.3 Å². The zero-order valence-corrected chi connectivity index (χ0v) is 16.4. The summed E-state index contributed by atoms with van der Waals surface area (Å²) >= 11 is 1.46. The van der Waals surface area contributed by atoms with Crippen LogP contribution in [0.25, 0.3) is 11.3 Å². The monoisotopic (exact) mass is 383 g/mol. The molecule has 1 unspecified atom stereocenters. The highest BCUT2D eigenvalue weighted by molar-refractivity contribution is 7.13. The Balaban J connectivity index is 1.61. The summed E-state index contributed by atoms with van der Waals surface area (Å²) in [4.78, 5) is 28.7. The van der Waals surface area contributed by atoms with E-state index in [1.807, 2.05) is 31.7 Å². The third kappa shape index (κ3) is 3.49. The highest BCUT2D eigenvalue weighted by Gasteiger charge is 2.30. The molecule has 3 aromatic heterocycles. The predicted molar refractivity (Wildman–Crippen MR) is 102 cm³/mol. The maximum Gasteiger partial charge on any atom is 0.265 e. The first-order valence-corrected chi connectivity index (χ1v) is 9.81. The molecule has 0 N–H and O–H groups in total. The minimum Gasteiger partial charge on any atom is -0.356 e. The molecule has 4 rings (SSSR count). The zero-order valence-electron chi connectivity index (χ0n) is 15.6. The SMILES string of the molecule is Cc1cc(-c2cncnc2C2CCCN(C(=O)c3sc(C)nc3C)C2)on1. The Hall–Kier alpha value is -2.61. The number of rotatable bonds is 3. The van der Waals surface area contributed by atoms with Crippen LogP contribution in [0, 0.1) is 20.8 Å². The Morgan fingerprint density at radius 2 is 2.19 bits per heavy atom. The first kappa shape index (κ1) is 17.8. The van der Waals surface area contributed by atoms with Gasteiger partial charge in [-0.1, -0.05) is 5.16 Å². The molecule has 3 aromatic rings. The summed E-state index contributed by atoms with van der Waals surface area (Å²) in [6.45, 7) is 7.10. The number of nitrogens with zero attached hydrogens (tertiary/aromatic N) is 5. The molecule has 8 heteroatoms. The minimum atomic E-state index is 0.0638. The first-order chi connectivity index (χ1) is 13.0. The van der Waals surface area contributed by atoms with Crippen molar-refractivity contribution >= 4 is 17.2 Å². The summed E-state index contributed by atoms with van der Waals surface area (Å²) in [5, 5.41) is 4.89. The first-order valence-electron chi connectivity index (χ1n) is 9.00. The van der Waals surface area contributed by atoms with Gasteiger partial charge in [-0.2, -0.15) is 0 Å². The Bertz CT molecular complexity index is 980. The summed E-state index contributed by atoms with van der Waals surface area (Å²) in [7, 11) is 0. The van der Waals surface area contributed by atoms with Gasteiger partial charge in [-0.3, -0.25) is 4.79 Å². The molecule has 140 valence electrons. The van der Waals surface area contributed by atoms with Crippen LogP contribution in [0.5, 0.6) is 0 Å². The molecule has 1 aliphatic heterocycles. The number of aromatic nitrogens is 4. The van der Waals surface area contributed by atoms with Crippen LogP contribution in [0.15, 0.2) is 23.1 Å². The fraction of sp³-hybridized carbons (Fsp3) is 0.421. The quantitative estimate of drug-likeness (QED) is 0.688. The Kier molecular flexibility index (Phi) is 4.73. The fourth-order valence-corrected chi connectivity index (χ4v) is 4.49. The van der Waals surface area contributed by atoms with Crippen molar-refractivity contribution in [3.8, 4) is 11.3 Å². The van der Waals surface area contributed by atoms with Crippen molar-refractivity contribution in [1.29, 1.82) is 0 Å². The molecule has 1 amide bonds. The molecule has 4 heterocycles. The highest BCUT2D eigenvalue weighted by Crippen LogP contribution is 2.33. The molecule has 0 bridgehead atoms. The summed E-state index contributed by atoms with van der Waals surface area (Å²) in [6, 6.07) is 1.89. The Labute approximate surface area is 161 Å². The zero-order chi connectivity index (χ0) is 19.0. The van der Waals surface area contributed by atoms with Gasteiger partial charge < -0.3 is 9.42 Å². The van der Waals surface area contributed by atoms with Gasteiger partial charge in [-0.25, -0.2) is 15.0 Å². The third-order valence-corrected chi connectivity index (χ3v) is 5.89. The summed E-state index contributed by atoms with van der Waals surface area (Å²) in [6.07, 6.45) is 5.23. The van der Waals surface area contributed by atoms with E-state index in [0.717, 1.165) is 51.9 Å². The van der Waals surface area contributed by atoms with Gasteiger partial charge in [0.1, 0.15) is 11.2 Å². The number of likely N-dealkylation sites (tertiary alicyclic amines) is 1. The number of carbonyl (C=O) groups excluding carboxylic acids is 1. The molecule has 1 aliphatic rings. The maximum atomic E-state index is 13.0. The lowest BCUT2D eigenvalue weighted by atomic mass is 9.91. The van der Waals surface area contributed by atoms with E-state index in [-0.39, 0.29) is 11.8 Å². The van der Waals surface area contributed by atoms with Crippen LogP contribution in [-0.4, -0.2) is 44.0 Å². The lowest BCUT2D eigenvalue weighted by molar-refractivity contribution is 0.0710. The van der Waals surface area contributed by atoms with E-state index in [0.29, 0.717) is 12.3 Å². The van der Waals surface area contributed by atoms with Gasteiger partial charge in [0.25, 0.3) is 5.91 Å². The number of thiazole rings is 1. The second-order valence-electron chi connectivity index (χ2n) is 6.89. The Morgan fingerprint density at radius 1 is 1.33 bits per heavy atom. The van der Waals surface area contributed by atoms with Crippen LogP contribution in [0.1, 0.15) is 50.5 Å². The molecule has 27 heavy (non-hydrogen) atoms. The number of piperidine rings is 1. The van der Waals surface area contributed by atoms with Gasteiger partial charge in [0, 0.05) is 31.3 Å². The van der Waals surface area contributed by atoms with Crippen molar-refractivity contribution in [2.24, 2.45) is 0 Å². The predicted octanol–water partition coefficient (Wildman–Crippen LogP) is 3.53. The van der Waals surface area contributed by atoms with Gasteiger partial charge in [-0.15, -0.1) is 11.3 Å². The van der Waals surface area contributed by atoms with Gasteiger partial charge in [-0.05, 0) is 33.6 Å². The number of hydrogen-bond acceptors (Lipinski definition) is 7. The van der Waals surface area contributed by atoms with Gasteiger partial charge in [0.05, 0.1) is 27.7 Å². The molecule has 0 aromatic carbocycles.